The molecule has 8 nitrogen and oxygen atoms in total. The van der Waals surface area contributed by atoms with Crippen molar-refractivity contribution in [3.05, 3.63) is 76.0 Å². The minimum atomic E-state index is -0.802. The van der Waals surface area contributed by atoms with Crippen molar-refractivity contribution in [1.82, 2.24) is 19.4 Å². The van der Waals surface area contributed by atoms with E-state index in [1.54, 1.807) is 26.0 Å². The van der Waals surface area contributed by atoms with Crippen molar-refractivity contribution in [2.75, 3.05) is 37.4 Å². The quantitative estimate of drug-likeness (QED) is 0.328. The fraction of sp³-hybridized carbons (Fsp3) is 0.333. The van der Waals surface area contributed by atoms with Crippen LogP contribution in [0.25, 0.3) is 22.2 Å². The van der Waals surface area contributed by atoms with Gasteiger partial charge in [0.05, 0.1) is 17.4 Å². The number of aromatic nitrogens is 3. The number of nitriles is 1. The third kappa shape index (κ3) is 5.47. The molecule has 212 valence electrons. The van der Waals surface area contributed by atoms with E-state index in [-0.39, 0.29) is 33.7 Å². The minimum absolute atomic E-state index is 0.0121. The van der Waals surface area contributed by atoms with Crippen molar-refractivity contribution in [1.29, 1.82) is 5.26 Å². The van der Waals surface area contributed by atoms with E-state index in [4.69, 9.17) is 0 Å². The van der Waals surface area contributed by atoms with E-state index in [0.717, 1.165) is 38.2 Å². The molecule has 4 aromatic rings. The minimum Gasteiger partial charge on any atom is -0.369 e. The van der Waals surface area contributed by atoms with Gasteiger partial charge in [0, 0.05) is 41.8 Å². The largest absolute Gasteiger partial charge is 0.369 e. The second-order valence-electron chi connectivity index (χ2n) is 10.7. The van der Waals surface area contributed by atoms with E-state index in [1.807, 2.05) is 11.0 Å². The molecule has 2 aromatic heterocycles. The number of halogens is 3. The number of nitrogens with zero attached hydrogens (tertiary/aromatic N) is 6. The number of benzene rings is 2. The van der Waals surface area contributed by atoms with Gasteiger partial charge in [-0.05, 0) is 77.2 Å². The summed E-state index contributed by atoms with van der Waals surface area (Å²) in [5.74, 6) is -1.95. The molecule has 0 unspecified atom stereocenters. The highest BCUT2D eigenvalue weighted by atomic mass is 19.1. The molecule has 0 atom stereocenters. The SMILES string of the molecule is CC(C)n1c(=O)c(C#N)cc2c(F)cc(-c3nc(Nc4ccc(N5CCC(N(C)C)CC5)c(F)c4)ncc3F)cc21. The Bertz CT molecular complexity index is 1720. The van der Waals surface area contributed by atoms with Crippen LogP contribution in [0, 0.1) is 28.8 Å². The first kappa shape index (κ1) is 28.1. The number of anilines is 3. The van der Waals surface area contributed by atoms with E-state index in [1.165, 1.54) is 22.8 Å². The Morgan fingerprint density at radius 3 is 2.41 bits per heavy atom. The summed E-state index contributed by atoms with van der Waals surface area (Å²) in [6, 6.07) is 10.4. The molecule has 1 saturated heterocycles. The van der Waals surface area contributed by atoms with Gasteiger partial charge in [0.15, 0.2) is 5.82 Å². The summed E-state index contributed by atoms with van der Waals surface area (Å²) in [6.07, 6.45) is 2.84. The summed E-state index contributed by atoms with van der Waals surface area (Å²) in [7, 11) is 4.10. The van der Waals surface area contributed by atoms with Gasteiger partial charge in [0.25, 0.3) is 5.56 Å². The highest BCUT2D eigenvalue weighted by Crippen LogP contribution is 2.31. The van der Waals surface area contributed by atoms with Crippen LogP contribution in [0.15, 0.2) is 47.4 Å². The highest BCUT2D eigenvalue weighted by Gasteiger charge is 2.23. The average Bonchev–Trinajstić information content (AvgIpc) is 2.93. The van der Waals surface area contributed by atoms with E-state index in [9.17, 15) is 14.4 Å². The standard InChI is InChI=1S/C30H30F3N7O/c1-17(2)40-27-13-18(12-23(31)22(27)11-19(15-34)29(40)41)28-25(33)16-35-30(37-28)36-20-5-6-26(24(32)14-20)39-9-7-21(8-10-39)38(3)4/h5-6,11-14,16-17,21H,7-10H2,1-4H3,(H,35,36,37). The normalized spacial score (nSPS) is 14.2. The second kappa shape index (κ2) is 11.2. The molecular formula is C30H30F3N7O. The molecule has 1 aliphatic heterocycles. The van der Waals surface area contributed by atoms with Gasteiger partial charge in [-0.1, -0.05) is 0 Å². The number of rotatable bonds is 6. The molecule has 0 saturated carbocycles. The van der Waals surface area contributed by atoms with Crippen LogP contribution in [0.5, 0.6) is 0 Å². The number of fused-ring (bicyclic) bond motifs is 1. The predicted octanol–water partition coefficient (Wildman–Crippen LogP) is 5.60. The fourth-order valence-corrected chi connectivity index (χ4v) is 5.34. The van der Waals surface area contributed by atoms with Gasteiger partial charge in [-0.3, -0.25) is 4.79 Å². The third-order valence-electron chi connectivity index (χ3n) is 7.50. The molecule has 0 spiro atoms. The van der Waals surface area contributed by atoms with Crippen LogP contribution >= 0.6 is 0 Å². The van der Waals surface area contributed by atoms with Crippen LogP contribution in [0.2, 0.25) is 0 Å². The summed E-state index contributed by atoms with van der Waals surface area (Å²) < 4.78 is 46.6. The number of hydrogen-bond donors (Lipinski definition) is 1. The van der Waals surface area contributed by atoms with E-state index in [2.05, 4.69) is 34.3 Å². The number of hydrogen-bond acceptors (Lipinski definition) is 7. The van der Waals surface area contributed by atoms with Crippen LogP contribution in [0.3, 0.4) is 0 Å². The predicted molar refractivity (Wildman–Crippen MR) is 153 cm³/mol. The van der Waals surface area contributed by atoms with Gasteiger partial charge in [0.2, 0.25) is 5.95 Å². The zero-order chi connectivity index (χ0) is 29.4. The average molecular weight is 562 g/mol. The molecule has 1 fully saturated rings. The number of piperidine rings is 1. The van der Waals surface area contributed by atoms with Crippen LogP contribution in [-0.2, 0) is 0 Å². The van der Waals surface area contributed by atoms with Crippen LogP contribution in [0.4, 0.5) is 30.5 Å². The van der Waals surface area contributed by atoms with Crippen molar-refractivity contribution in [2.45, 2.75) is 38.8 Å². The van der Waals surface area contributed by atoms with Crippen LogP contribution in [-0.4, -0.2) is 52.7 Å². The molecule has 41 heavy (non-hydrogen) atoms. The van der Waals surface area contributed by atoms with Gasteiger partial charge in [-0.2, -0.15) is 5.26 Å². The first-order chi connectivity index (χ1) is 19.6. The molecule has 3 heterocycles. The molecule has 11 heteroatoms. The summed E-state index contributed by atoms with van der Waals surface area (Å²) >= 11 is 0. The Morgan fingerprint density at radius 2 is 1.78 bits per heavy atom. The molecule has 5 rings (SSSR count). The lowest BCUT2D eigenvalue weighted by molar-refractivity contribution is 0.249. The van der Waals surface area contributed by atoms with Crippen molar-refractivity contribution in [2.24, 2.45) is 0 Å². The van der Waals surface area contributed by atoms with Crippen LogP contribution in [0.1, 0.15) is 38.3 Å². The molecule has 0 amide bonds. The Kier molecular flexibility index (Phi) is 7.69. The number of pyridine rings is 1. The summed E-state index contributed by atoms with van der Waals surface area (Å²) in [4.78, 5) is 25.2. The Labute approximate surface area is 235 Å². The first-order valence-corrected chi connectivity index (χ1v) is 13.4. The monoisotopic (exact) mass is 561 g/mol. The molecule has 0 aliphatic carbocycles. The van der Waals surface area contributed by atoms with Crippen molar-refractivity contribution >= 4 is 28.2 Å². The van der Waals surface area contributed by atoms with Crippen molar-refractivity contribution in [3.8, 4) is 17.3 Å². The fourth-order valence-electron chi connectivity index (χ4n) is 5.34. The zero-order valence-electron chi connectivity index (χ0n) is 23.3. The van der Waals surface area contributed by atoms with E-state index < -0.39 is 29.1 Å². The van der Waals surface area contributed by atoms with Gasteiger partial charge in [-0.25, -0.2) is 23.1 Å². The lowest BCUT2D eigenvalue weighted by Crippen LogP contribution is -2.42. The first-order valence-electron chi connectivity index (χ1n) is 13.4. The van der Waals surface area contributed by atoms with Gasteiger partial charge in [0.1, 0.15) is 29.0 Å². The van der Waals surface area contributed by atoms with E-state index >= 15 is 8.78 Å². The molecule has 0 radical (unpaired) electrons. The topological polar surface area (TPSA) is 90.1 Å². The molecule has 2 aromatic carbocycles. The maximum absolute atomic E-state index is 15.2. The second-order valence-corrected chi connectivity index (χ2v) is 10.7. The van der Waals surface area contributed by atoms with Crippen molar-refractivity contribution < 1.29 is 13.2 Å². The van der Waals surface area contributed by atoms with Crippen LogP contribution < -0.4 is 15.8 Å². The van der Waals surface area contributed by atoms with Crippen molar-refractivity contribution in [3.63, 3.8) is 0 Å². The molecule has 0 bridgehead atoms. The maximum Gasteiger partial charge on any atom is 0.269 e. The summed E-state index contributed by atoms with van der Waals surface area (Å²) in [5.41, 5.74) is 0.220. The third-order valence-corrected chi connectivity index (χ3v) is 7.50. The lowest BCUT2D eigenvalue weighted by atomic mass is 10.0. The number of nitrogens with one attached hydrogen (secondary N) is 1. The smallest absolute Gasteiger partial charge is 0.269 e. The Morgan fingerprint density at radius 1 is 1.05 bits per heavy atom. The van der Waals surface area contributed by atoms with Gasteiger partial charge >= 0.3 is 0 Å². The molecule has 1 N–H and O–H groups in total. The van der Waals surface area contributed by atoms with Gasteiger partial charge in [-0.15, -0.1) is 0 Å². The zero-order valence-corrected chi connectivity index (χ0v) is 23.3. The van der Waals surface area contributed by atoms with Gasteiger partial charge < -0.3 is 19.7 Å². The summed E-state index contributed by atoms with van der Waals surface area (Å²) in [6.45, 7) is 4.97. The molecule has 1 aliphatic rings. The maximum atomic E-state index is 15.2. The molecular weight excluding hydrogens is 531 g/mol. The Hall–Kier alpha value is -4.43. The summed E-state index contributed by atoms with van der Waals surface area (Å²) in [5, 5.41) is 12.3. The lowest BCUT2D eigenvalue weighted by Gasteiger charge is -2.36. The highest BCUT2D eigenvalue weighted by molar-refractivity contribution is 5.86. The van der Waals surface area contributed by atoms with E-state index in [0.29, 0.717) is 17.4 Å². The Balaban J connectivity index is 1.45.